The summed E-state index contributed by atoms with van der Waals surface area (Å²) in [5.74, 6) is 2.38. The summed E-state index contributed by atoms with van der Waals surface area (Å²) in [7, 11) is 0. The smallest absolute Gasteiger partial charge is 0.306 e. The highest BCUT2D eigenvalue weighted by atomic mass is 32.2. The predicted molar refractivity (Wildman–Crippen MR) is 69.0 cm³/mol. The van der Waals surface area contributed by atoms with Crippen LogP contribution in [0.2, 0.25) is 0 Å². The van der Waals surface area contributed by atoms with E-state index in [0.717, 1.165) is 38.8 Å². The molecule has 0 heterocycles. The summed E-state index contributed by atoms with van der Waals surface area (Å²) >= 11 is 1.96. The Morgan fingerprint density at radius 3 is 2.62 bits per heavy atom. The van der Waals surface area contributed by atoms with E-state index >= 15 is 0 Å². The van der Waals surface area contributed by atoms with Crippen LogP contribution in [0.25, 0.3) is 0 Å². The number of carboxylic acid groups (broad SMARTS) is 1. The SMILES string of the molecule is CCSCCNCC1CCC(C(=O)O)CC1. The molecule has 0 bridgehead atoms. The second kappa shape index (κ2) is 7.96. The van der Waals surface area contributed by atoms with Gasteiger partial charge in [-0.15, -0.1) is 0 Å². The molecular weight excluding hydrogens is 222 g/mol. The first-order valence-electron chi connectivity index (χ1n) is 6.25. The monoisotopic (exact) mass is 245 g/mol. The van der Waals surface area contributed by atoms with Crippen LogP contribution in [-0.4, -0.2) is 35.7 Å². The minimum Gasteiger partial charge on any atom is -0.481 e. The molecule has 2 N–H and O–H groups in total. The lowest BCUT2D eigenvalue weighted by molar-refractivity contribution is -0.143. The van der Waals surface area contributed by atoms with E-state index in [2.05, 4.69) is 12.2 Å². The van der Waals surface area contributed by atoms with E-state index in [1.54, 1.807) is 0 Å². The highest BCUT2D eigenvalue weighted by Crippen LogP contribution is 2.28. The Labute approximate surface area is 102 Å². The molecule has 0 spiro atoms. The van der Waals surface area contributed by atoms with Gasteiger partial charge in [-0.25, -0.2) is 0 Å². The second-order valence-electron chi connectivity index (χ2n) is 4.46. The van der Waals surface area contributed by atoms with Gasteiger partial charge in [0.15, 0.2) is 0 Å². The van der Waals surface area contributed by atoms with Crippen LogP contribution in [0.3, 0.4) is 0 Å². The third kappa shape index (κ3) is 5.21. The zero-order chi connectivity index (χ0) is 11.8. The normalized spacial score (nSPS) is 25.6. The molecule has 0 atom stereocenters. The van der Waals surface area contributed by atoms with E-state index in [9.17, 15) is 4.79 Å². The van der Waals surface area contributed by atoms with Crippen LogP contribution < -0.4 is 5.32 Å². The average Bonchev–Trinajstić information content (AvgIpc) is 2.29. The summed E-state index contributed by atoms with van der Waals surface area (Å²) in [5, 5.41) is 12.3. The molecule has 0 radical (unpaired) electrons. The summed E-state index contributed by atoms with van der Waals surface area (Å²) in [6.07, 6.45) is 3.88. The Morgan fingerprint density at radius 2 is 2.06 bits per heavy atom. The number of hydrogen-bond donors (Lipinski definition) is 2. The van der Waals surface area contributed by atoms with Crippen LogP contribution in [0.1, 0.15) is 32.6 Å². The zero-order valence-electron chi connectivity index (χ0n) is 10.1. The maximum Gasteiger partial charge on any atom is 0.306 e. The molecule has 1 rings (SSSR count). The van der Waals surface area contributed by atoms with Gasteiger partial charge in [-0.05, 0) is 43.9 Å². The Balaban J connectivity index is 2.02. The van der Waals surface area contributed by atoms with Crippen molar-refractivity contribution in [1.29, 1.82) is 0 Å². The Kier molecular flexibility index (Phi) is 6.88. The maximum atomic E-state index is 10.8. The van der Waals surface area contributed by atoms with Crippen molar-refractivity contribution in [3.05, 3.63) is 0 Å². The fourth-order valence-electron chi connectivity index (χ4n) is 2.21. The molecule has 0 amide bonds. The van der Waals surface area contributed by atoms with Crippen molar-refractivity contribution in [3.63, 3.8) is 0 Å². The highest BCUT2D eigenvalue weighted by Gasteiger charge is 2.25. The van der Waals surface area contributed by atoms with E-state index in [1.807, 2.05) is 11.8 Å². The maximum absolute atomic E-state index is 10.8. The predicted octanol–water partition coefficient (Wildman–Crippen LogP) is 2.22. The van der Waals surface area contributed by atoms with E-state index in [0.29, 0.717) is 5.92 Å². The summed E-state index contributed by atoms with van der Waals surface area (Å²) in [6, 6.07) is 0. The van der Waals surface area contributed by atoms with E-state index in [1.165, 1.54) is 11.5 Å². The molecule has 0 aromatic rings. The molecule has 1 fully saturated rings. The van der Waals surface area contributed by atoms with Crippen LogP contribution in [-0.2, 0) is 4.79 Å². The van der Waals surface area contributed by atoms with E-state index in [4.69, 9.17) is 5.11 Å². The Morgan fingerprint density at radius 1 is 1.38 bits per heavy atom. The molecule has 0 unspecified atom stereocenters. The number of thioether (sulfide) groups is 1. The molecule has 4 heteroatoms. The molecule has 3 nitrogen and oxygen atoms in total. The summed E-state index contributed by atoms with van der Waals surface area (Å²) < 4.78 is 0. The summed E-state index contributed by atoms with van der Waals surface area (Å²) in [6.45, 7) is 4.33. The Bertz CT molecular complexity index is 203. The van der Waals surface area contributed by atoms with Gasteiger partial charge in [0, 0.05) is 12.3 Å². The number of rotatable bonds is 7. The van der Waals surface area contributed by atoms with Crippen LogP contribution in [0.4, 0.5) is 0 Å². The van der Waals surface area contributed by atoms with E-state index < -0.39 is 5.97 Å². The average molecular weight is 245 g/mol. The van der Waals surface area contributed by atoms with Gasteiger partial charge >= 0.3 is 5.97 Å². The van der Waals surface area contributed by atoms with Gasteiger partial charge < -0.3 is 10.4 Å². The molecule has 0 aromatic heterocycles. The molecule has 0 saturated heterocycles. The van der Waals surface area contributed by atoms with Gasteiger partial charge in [0.05, 0.1) is 5.92 Å². The summed E-state index contributed by atoms with van der Waals surface area (Å²) in [4.78, 5) is 10.8. The van der Waals surface area contributed by atoms with Crippen LogP contribution in [0.15, 0.2) is 0 Å². The van der Waals surface area contributed by atoms with Crippen LogP contribution >= 0.6 is 11.8 Å². The van der Waals surface area contributed by atoms with Crippen molar-refractivity contribution in [3.8, 4) is 0 Å². The molecule has 1 saturated carbocycles. The summed E-state index contributed by atoms with van der Waals surface area (Å²) in [5.41, 5.74) is 0. The molecule has 0 aromatic carbocycles. The minimum absolute atomic E-state index is 0.0769. The number of aliphatic carboxylic acids is 1. The largest absolute Gasteiger partial charge is 0.481 e. The van der Waals surface area contributed by atoms with Gasteiger partial charge in [0.2, 0.25) is 0 Å². The molecular formula is C12H23NO2S. The Hall–Kier alpha value is -0.220. The number of carboxylic acids is 1. The highest BCUT2D eigenvalue weighted by molar-refractivity contribution is 7.99. The van der Waals surface area contributed by atoms with Crippen molar-refractivity contribution < 1.29 is 9.90 Å². The number of carbonyl (C=O) groups is 1. The number of hydrogen-bond acceptors (Lipinski definition) is 3. The lowest BCUT2D eigenvalue weighted by Gasteiger charge is -2.26. The first-order valence-corrected chi connectivity index (χ1v) is 7.40. The van der Waals surface area contributed by atoms with Gasteiger partial charge in [0.25, 0.3) is 0 Å². The molecule has 16 heavy (non-hydrogen) atoms. The fourth-order valence-corrected chi connectivity index (χ4v) is 2.79. The number of nitrogens with one attached hydrogen (secondary N) is 1. The fraction of sp³-hybridized carbons (Fsp3) is 0.917. The van der Waals surface area contributed by atoms with Crippen molar-refractivity contribution in [1.82, 2.24) is 5.32 Å². The third-order valence-corrected chi connectivity index (χ3v) is 4.16. The first-order chi connectivity index (χ1) is 7.74. The van der Waals surface area contributed by atoms with E-state index in [-0.39, 0.29) is 5.92 Å². The van der Waals surface area contributed by atoms with Crippen molar-refractivity contribution >= 4 is 17.7 Å². The van der Waals surface area contributed by atoms with Gasteiger partial charge in [-0.2, -0.15) is 11.8 Å². The van der Waals surface area contributed by atoms with Gasteiger partial charge in [-0.1, -0.05) is 6.92 Å². The lowest BCUT2D eigenvalue weighted by atomic mass is 9.82. The lowest BCUT2D eigenvalue weighted by Crippen LogP contribution is -2.29. The van der Waals surface area contributed by atoms with Crippen molar-refractivity contribution in [2.24, 2.45) is 11.8 Å². The molecule has 0 aliphatic heterocycles. The topological polar surface area (TPSA) is 49.3 Å². The zero-order valence-corrected chi connectivity index (χ0v) is 10.9. The molecule has 94 valence electrons. The van der Waals surface area contributed by atoms with Crippen molar-refractivity contribution in [2.75, 3.05) is 24.6 Å². The molecule has 1 aliphatic rings. The second-order valence-corrected chi connectivity index (χ2v) is 5.85. The first kappa shape index (κ1) is 13.8. The quantitative estimate of drug-likeness (QED) is 0.675. The third-order valence-electron chi connectivity index (χ3n) is 3.26. The minimum atomic E-state index is -0.606. The standard InChI is InChI=1S/C12H23NO2S/c1-2-16-8-7-13-9-10-3-5-11(6-4-10)12(14)15/h10-11,13H,2-9H2,1H3,(H,14,15). The van der Waals surface area contributed by atoms with Gasteiger partial charge in [0.1, 0.15) is 0 Å². The molecule has 1 aliphatic carbocycles. The van der Waals surface area contributed by atoms with Crippen molar-refractivity contribution in [2.45, 2.75) is 32.6 Å². The van der Waals surface area contributed by atoms with Crippen LogP contribution in [0.5, 0.6) is 0 Å². The van der Waals surface area contributed by atoms with Gasteiger partial charge in [-0.3, -0.25) is 4.79 Å². The van der Waals surface area contributed by atoms with Crippen LogP contribution in [0, 0.1) is 11.8 Å².